The minimum atomic E-state index is 0.851. The van der Waals surface area contributed by atoms with Crippen molar-refractivity contribution in [2.45, 2.75) is 111 Å². The van der Waals surface area contributed by atoms with E-state index in [-0.39, 0.29) is 0 Å². The largest absolute Gasteiger partial charge is 0.103 e. The minimum absolute atomic E-state index is 0.851. The average molecular weight is 321 g/mol. The van der Waals surface area contributed by atoms with E-state index in [1.54, 1.807) is 25.7 Å². The molecule has 3 aliphatic carbocycles. The van der Waals surface area contributed by atoms with Gasteiger partial charge >= 0.3 is 0 Å². The maximum Gasteiger partial charge on any atom is -0.0236 e. The van der Waals surface area contributed by atoms with Crippen LogP contribution in [-0.4, -0.2) is 0 Å². The first-order chi connectivity index (χ1) is 11.3. The zero-order chi connectivity index (χ0) is 16.9. The van der Waals surface area contributed by atoms with Crippen LogP contribution in [0.5, 0.6) is 0 Å². The fraction of sp³-hybridized carbons (Fsp3) is 0.913. The van der Waals surface area contributed by atoms with Gasteiger partial charge in [-0.15, -0.1) is 6.58 Å². The molecule has 3 saturated carbocycles. The lowest BCUT2D eigenvalue weighted by atomic mass is 9.71. The quantitative estimate of drug-likeness (QED) is 0.450. The molecule has 0 spiro atoms. The SMILES string of the molecule is C=CC1CCCCC1.CC.CC1CCC(C2CCCCC2)CC1. The van der Waals surface area contributed by atoms with E-state index in [4.69, 9.17) is 0 Å². The number of rotatable bonds is 2. The highest BCUT2D eigenvalue weighted by atomic mass is 14.3. The summed E-state index contributed by atoms with van der Waals surface area (Å²) in [4.78, 5) is 0. The van der Waals surface area contributed by atoms with Crippen LogP contribution >= 0.6 is 0 Å². The number of allylic oxidation sites excluding steroid dienone is 1. The third-order valence-corrected chi connectivity index (χ3v) is 6.36. The third-order valence-electron chi connectivity index (χ3n) is 6.36. The van der Waals surface area contributed by atoms with Crippen molar-refractivity contribution in [1.82, 2.24) is 0 Å². The molecule has 3 aliphatic rings. The third kappa shape index (κ3) is 8.41. The molecule has 0 atom stereocenters. The Morgan fingerprint density at radius 1 is 0.609 bits per heavy atom. The Labute approximate surface area is 147 Å². The minimum Gasteiger partial charge on any atom is -0.103 e. The Hall–Kier alpha value is -0.260. The zero-order valence-electron chi connectivity index (χ0n) is 16.5. The van der Waals surface area contributed by atoms with Gasteiger partial charge in [-0.2, -0.15) is 0 Å². The second kappa shape index (κ2) is 13.1. The van der Waals surface area contributed by atoms with Crippen LogP contribution in [0.2, 0.25) is 0 Å². The molecule has 3 fully saturated rings. The van der Waals surface area contributed by atoms with Gasteiger partial charge in [-0.25, -0.2) is 0 Å². The van der Waals surface area contributed by atoms with Crippen molar-refractivity contribution in [2.24, 2.45) is 23.7 Å². The van der Waals surface area contributed by atoms with Crippen LogP contribution < -0.4 is 0 Å². The topological polar surface area (TPSA) is 0 Å². The monoisotopic (exact) mass is 320 g/mol. The lowest BCUT2D eigenvalue weighted by molar-refractivity contribution is 0.173. The summed E-state index contributed by atoms with van der Waals surface area (Å²) in [7, 11) is 0. The molecule has 0 aromatic carbocycles. The molecule has 0 amide bonds. The Morgan fingerprint density at radius 3 is 1.48 bits per heavy atom. The summed E-state index contributed by atoms with van der Waals surface area (Å²) in [6.45, 7) is 10.2. The molecule has 0 saturated heterocycles. The van der Waals surface area contributed by atoms with Crippen molar-refractivity contribution < 1.29 is 0 Å². The van der Waals surface area contributed by atoms with Gasteiger partial charge in [-0.3, -0.25) is 0 Å². The Bertz CT molecular complexity index is 260. The summed E-state index contributed by atoms with van der Waals surface area (Å²) in [5.74, 6) is 4.13. The van der Waals surface area contributed by atoms with Crippen molar-refractivity contribution in [3.63, 3.8) is 0 Å². The first-order valence-electron chi connectivity index (χ1n) is 10.9. The molecule has 136 valence electrons. The lowest BCUT2D eigenvalue weighted by Crippen LogP contribution is -2.22. The summed E-state index contributed by atoms with van der Waals surface area (Å²) >= 11 is 0. The first-order valence-corrected chi connectivity index (χ1v) is 10.9. The van der Waals surface area contributed by atoms with Crippen molar-refractivity contribution in [3.05, 3.63) is 12.7 Å². The van der Waals surface area contributed by atoms with Gasteiger partial charge in [0.25, 0.3) is 0 Å². The Morgan fingerprint density at radius 2 is 1.04 bits per heavy atom. The van der Waals surface area contributed by atoms with Crippen LogP contribution in [-0.2, 0) is 0 Å². The predicted octanol–water partition coefficient (Wildman–Crippen LogP) is 8.17. The van der Waals surface area contributed by atoms with Crippen molar-refractivity contribution >= 4 is 0 Å². The van der Waals surface area contributed by atoms with E-state index >= 15 is 0 Å². The predicted molar refractivity (Wildman–Crippen MR) is 106 cm³/mol. The molecule has 0 aromatic rings. The van der Waals surface area contributed by atoms with Crippen LogP contribution in [0.3, 0.4) is 0 Å². The molecule has 0 unspecified atom stereocenters. The van der Waals surface area contributed by atoms with Crippen molar-refractivity contribution in [1.29, 1.82) is 0 Å². The van der Waals surface area contributed by atoms with Crippen LogP contribution in [0, 0.1) is 23.7 Å². The standard InChI is InChI=1S/C13H24.C8H14.C2H6/c1-11-7-9-13(10-8-11)12-5-3-2-4-6-12;1-2-8-6-4-3-5-7-8;1-2/h11-13H,2-10H2,1H3;2,8H,1,3-7H2;1-2H3. The Kier molecular flexibility index (Phi) is 11.8. The van der Waals surface area contributed by atoms with E-state index in [0.29, 0.717) is 0 Å². The smallest absolute Gasteiger partial charge is 0.0236 e. The van der Waals surface area contributed by atoms with Gasteiger partial charge in [-0.1, -0.05) is 91.1 Å². The molecule has 0 aliphatic heterocycles. The summed E-state index contributed by atoms with van der Waals surface area (Å²) in [6, 6.07) is 0. The average Bonchev–Trinajstić information content (AvgIpc) is 2.66. The molecule has 0 heteroatoms. The molecular formula is C23H44. The fourth-order valence-corrected chi connectivity index (χ4v) is 4.73. The molecule has 0 radical (unpaired) electrons. The molecule has 3 rings (SSSR count). The highest BCUT2D eigenvalue weighted by molar-refractivity contribution is 4.81. The first kappa shape index (κ1) is 20.8. The van der Waals surface area contributed by atoms with Crippen LogP contribution in [0.15, 0.2) is 12.7 Å². The van der Waals surface area contributed by atoms with Gasteiger partial charge in [0.05, 0.1) is 0 Å². The van der Waals surface area contributed by atoms with E-state index in [1.165, 1.54) is 64.2 Å². The summed E-state index contributed by atoms with van der Waals surface area (Å²) in [5, 5.41) is 0. The van der Waals surface area contributed by atoms with Crippen molar-refractivity contribution in [2.75, 3.05) is 0 Å². The van der Waals surface area contributed by atoms with Crippen molar-refractivity contribution in [3.8, 4) is 0 Å². The van der Waals surface area contributed by atoms with Crippen LogP contribution in [0.1, 0.15) is 111 Å². The maximum atomic E-state index is 3.78. The molecule has 0 nitrogen and oxygen atoms in total. The molecule has 0 heterocycles. The lowest BCUT2D eigenvalue weighted by Gasteiger charge is -2.34. The summed E-state index contributed by atoms with van der Waals surface area (Å²) < 4.78 is 0. The Balaban J connectivity index is 0.000000228. The van der Waals surface area contributed by atoms with Crippen LogP contribution in [0.4, 0.5) is 0 Å². The van der Waals surface area contributed by atoms with Gasteiger partial charge in [0.2, 0.25) is 0 Å². The second-order valence-electron chi connectivity index (χ2n) is 8.05. The van der Waals surface area contributed by atoms with Gasteiger partial charge in [0, 0.05) is 0 Å². The van der Waals surface area contributed by atoms with Gasteiger partial charge in [0.15, 0.2) is 0 Å². The van der Waals surface area contributed by atoms with Gasteiger partial charge < -0.3 is 0 Å². The second-order valence-corrected chi connectivity index (χ2v) is 8.05. The highest BCUT2D eigenvalue weighted by Gasteiger charge is 2.26. The normalized spacial score (nSPS) is 29.5. The van der Waals surface area contributed by atoms with E-state index < -0.39 is 0 Å². The molecule has 0 bridgehead atoms. The summed E-state index contributed by atoms with van der Waals surface area (Å²) in [6.07, 6.45) is 23.0. The van der Waals surface area contributed by atoms with E-state index in [1.807, 2.05) is 13.8 Å². The zero-order valence-corrected chi connectivity index (χ0v) is 16.5. The fourth-order valence-electron chi connectivity index (χ4n) is 4.73. The molecule has 0 aromatic heterocycles. The van der Waals surface area contributed by atoms with E-state index in [2.05, 4.69) is 19.6 Å². The number of hydrogen-bond acceptors (Lipinski definition) is 0. The molecule has 0 N–H and O–H groups in total. The maximum absolute atomic E-state index is 3.78. The van der Waals surface area contributed by atoms with E-state index in [0.717, 1.165) is 23.7 Å². The van der Waals surface area contributed by atoms with Gasteiger partial charge in [-0.05, 0) is 49.4 Å². The molecular weight excluding hydrogens is 276 g/mol. The van der Waals surface area contributed by atoms with Crippen LogP contribution in [0.25, 0.3) is 0 Å². The van der Waals surface area contributed by atoms with E-state index in [9.17, 15) is 0 Å². The summed E-state index contributed by atoms with van der Waals surface area (Å²) in [5.41, 5.74) is 0. The number of hydrogen-bond donors (Lipinski definition) is 0. The highest BCUT2D eigenvalue weighted by Crippen LogP contribution is 2.39. The van der Waals surface area contributed by atoms with Gasteiger partial charge in [0.1, 0.15) is 0 Å². The molecule has 23 heavy (non-hydrogen) atoms.